The van der Waals surface area contributed by atoms with Crippen LogP contribution in [0.4, 0.5) is 17.1 Å². The van der Waals surface area contributed by atoms with Gasteiger partial charge in [-0.25, -0.2) is 0 Å². The summed E-state index contributed by atoms with van der Waals surface area (Å²) in [5.74, 6) is 0. The fourth-order valence-corrected chi connectivity index (χ4v) is 3.55. The van der Waals surface area contributed by atoms with Gasteiger partial charge in [0.1, 0.15) is 11.4 Å². The Labute approximate surface area is 125 Å². The van der Waals surface area contributed by atoms with Crippen LogP contribution in [0.2, 0.25) is 10.0 Å². The summed E-state index contributed by atoms with van der Waals surface area (Å²) >= 11 is 13.6. The maximum atomic E-state index is 6.30. The predicted molar refractivity (Wildman–Crippen MR) is 82.1 cm³/mol. The molecule has 0 saturated carbocycles. The second kappa shape index (κ2) is 5.79. The molecule has 0 aromatic heterocycles. The van der Waals surface area contributed by atoms with Crippen molar-refractivity contribution >= 4 is 51.6 Å². The number of nitrogens with zero attached hydrogens (tertiary/aromatic N) is 2. The van der Waals surface area contributed by atoms with Gasteiger partial charge < -0.3 is 10.6 Å². The number of anilines is 1. The fraction of sp³-hybridized carbons (Fsp3) is 0.500. The molecule has 1 aromatic carbocycles. The number of fused-ring (bicyclic) bond motifs is 1. The Morgan fingerprint density at radius 1 is 1.16 bits per heavy atom. The van der Waals surface area contributed by atoms with Crippen molar-refractivity contribution in [3.05, 3.63) is 16.1 Å². The molecule has 2 heterocycles. The van der Waals surface area contributed by atoms with Gasteiger partial charge in [0.15, 0.2) is 0 Å². The van der Waals surface area contributed by atoms with E-state index in [1.807, 2.05) is 0 Å². The third-order valence-corrected chi connectivity index (χ3v) is 4.48. The van der Waals surface area contributed by atoms with E-state index < -0.39 is 0 Å². The molecule has 1 atom stereocenters. The average molecular weight is 317 g/mol. The summed E-state index contributed by atoms with van der Waals surface area (Å²) in [5.41, 5.74) is 2.37. The summed E-state index contributed by atoms with van der Waals surface area (Å²) in [6.07, 6.45) is 3.38. The van der Waals surface area contributed by atoms with Crippen molar-refractivity contribution in [2.24, 2.45) is 8.73 Å². The van der Waals surface area contributed by atoms with Crippen molar-refractivity contribution in [2.75, 3.05) is 18.4 Å². The molecule has 0 spiro atoms. The largest absolute Gasteiger partial charge is 0.379 e. The molecule has 102 valence electrons. The van der Waals surface area contributed by atoms with Gasteiger partial charge in [0, 0.05) is 6.04 Å². The van der Waals surface area contributed by atoms with Gasteiger partial charge in [0.2, 0.25) is 0 Å². The minimum absolute atomic E-state index is 0.415. The van der Waals surface area contributed by atoms with Crippen LogP contribution in [0.1, 0.15) is 19.3 Å². The first-order valence-electron chi connectivity index (χ1n) is 6.33. The molecule has 0 aliphatic carbocycles. The highest BCUT2D eigenvalue weighted by atomic mass is 35.5. The maximum absolute atomic E-state index is 6.30. The van der Waals surface area contributed by atoms with Crippen LogP contribution in [0, 0.1) is 0 Å². The highest BCUT2D eigenvalue weighted by Gasteiger charge is 2.21. The predicted octanol–water partition coefficient (Wildman–Crippen LogP) is 4.27. The number of rotatable bonds is 2. The second-order valence-corrected chi connectivity index (χ2v) is 6.04. The van der Waals surface area contributed by atoms with Crippen LogP contribution in [0.25, 0.3) is 0 Å². The highest BCUT2D eigenvalue weighted by molar-refractivity contribution is 7.58. The summed E-state index contributed by atoms with van der Waals surface area (Å²) in [5, 5.41) is 8.09. The minimum atomic E-state index is 0.415. The third kappa shape index (κ3) is 2.79. The molecule has 0 amide bonds. The molecule has 2 aliphatic rings. The normalized spacial score (nSPS) is 21.7. The molecule has 4 nitrogen and oxygen atoms in total. The van der Waals surface area contributed by atoms with Crippen LogP contribution in [0.5, 0.6) is 0 Å². The number of hydrogen-bond acceptors (Lipinski definition) is 4. The number of halogens is 2. The molecule has 1 saturated heterocycles. The molecule has 0 radical (unpaired) electrons. The van der Waals surface area contributed by atoms with Gasteiger partial charge in [-0.05, 0) is 38.4 Å². The van der Waals surface area contributed by atoms with E-state index in [0.29, 0.717) is 16.1 Å². The van der Waals surface area contributed by atoms with E-state index in [9.17, 15) is 0 Å². The molecular formula is C12H14Cl2N4S. The monoisotopic (exact) mass is 316 g/mol. The van der Waals surface area contributed by atoms with E-state index in [1.165, 1.54) is 6.42 Å². The maximum Gasteiger partial charge on any atom is 0.130 e. The quantitative estimate of drug-likeness (QED) is 0.869. The van der Waals surface area contributed by atoms with Gasteiger partial charge in [-0.3, -0.25) is 0 Å². The molecule has 1 aromatic rings. The molecule has 2 N–H and O–H groups in total. The molecule has 2 aliphatic heterocycles. The second-order valence-electron chi connectivity index (χ2n) is 4.70. The summed E-state index contributed by atoms with van der Waals surface area (Å²) in [7, 11) is 0. The molecule has 1 fully saturated rings. The van der Waals surface area contributed by atoms with Gasteiger partial charge in [0.05, 0.1) is 27.1 Å². The van der Waals surface area contributed by atoms with Crippen molar-refractivity contribution in [3.8, 4) is 0 Å². The Hall–Kier alpha value is -0.620. The van der Waals surface area contributed by atoms with Crippen LogP contribution in [0.3, 0.4) is 0 Å². The minimum Gasteiger partial charge on any atom is -0.379 e. The number of hydrogen-bond donors (Lipinski definition) is 2. The van der Waals surface area contributed by atoms with Gasteiger partial charge in [-0.1, -0.05) is 23.2 Å². The third-order valence-electron chi connectivity index (χ3n) is 3.37. The standard InChI is InChI=1S/C12H14Cl2N4S/c13-8-6-9(14)11-12(18-19-17-11)10(8)16-7-2-1-4-15-5-3-7/h6-7,15-16H,1-5H2. The van der Waals surface area contributed by atoms with Crippen LogP contribution >= 0.6 is 23.2 Å². The first-order valence-corrected chi connectivity index (χ1v) is 7.82. The smallest absolute Gasteiger partial charge is 0.130 e. The number of benzene rings is 1. The van der Waals surface area contributed by atoms with Crippen molar-refractivity contribution in [1.29, 1.82) is 0 Å². The van der Waals surface area contributed by atoms with Crippen LogP contribution in [-0.4, -0.2) is 19.1 Å². The Bertz CT molecular complexity index is 561. The van der Waals surface area contributed by atoms with Crippen LogP contribution in [-0.2, 0) is 11.4 Å². The molecule has 3 rings (SSSR count). The Kier molecular flexibility index (Phi) is 4.07. The van der Waals surface area contributed by atoms with E-state index in [2.05, 4.69) is 19.4 Å². The first-order chi connectivity index (χ1) is 9.25. The van der Waals surface area contributed by atoms with Gasteiger partial charge in [0.25, 0.3) is 0 Å². The Morgan fingerprint density at radius 2 is 2.00 bits per heavy atom. The number of nitrogens with one attached hydrogen (secondary N) is 2. The van der Waals surface area contributed by atoms with Crippen molar-refractivity contribution < 1.29 is 0 Å². The molecule has 1 unspecified atom stereocenters. The van der Waals surface area contributed by atoms with Crippen LogP contribution in [0.15, 0.2) is 14.8 Å². The lowest BCUT2D eigenvalue weighted by molar-refractivity contribution is 0.638. The molecule has 0 bridgehead atoms. The molecular weight excluding hydrogens is 303 g/mol. The highest BCUT2D eigenvalue weighted by Crippen LogP contribution is 2.48. The summed E-state index contributed by atoms with van der Waals surface area (Å²) < 4.78 is 8.53. The van der Waals surface area contributed by atoms with E-state index in [4.69, 9.17) is 23.2 Å². The zero-order valence-corrected chi connectivity index (χ0v) is 12.6. The van der Waals surface area contributed by atoms with Crippen LogP contribution < -0.4 is 10.6 Å². The van der Waals surface area contributed by atoms with Crippen molar-refractivity contribution in [2.45, 2.75) is 25.3 Å². The zero-order valence-electron chi connectivity index (χ0n) is 10.2. The summed E-state index contributed by atoms with van der Waals surface area (Å²) in [4.78, 5) is 0. The fourth-order valence-electron chi connectivity index (χ4n) is 2.38. The van der Waals surface area contributed by atoms with E-state index in [1.54, 1.807) is 6.07 Å². The van der Waals surface area contributed by atoms with E-state index >= 15 is 0 Å². The molecule has 7 heteroatoms. The lowest BCUT2D eigenvalue weighted by Crippen LogP contribution is -2.21. The van der Waals surface area contributed by atoms with Crippen molar-refractivity contribution in [1.82, 2.24) is 5.32 Å². The SMILES string of the molecule is Clc1cc(Cl)c(NC2CCCNCC2)c2c1N=S=N2. The van der Waals surface area contributed by atoms with Gasteiger partial charge in [-0.15, -0.1) is 0 Å². The topological polar surface area (TPSA) is 48.8 Å². The molecule has 19 heavy (non-hydrogen) atoms. The lowest BCUT2D eigenvalue weighted by atomic mass is 10.1. The van der Waals surface area contributed by atoms with Gasteiger partial charge >= 0.3 is 0 Å². The summed E-state index contributed by atoms with van der Waals surface area (Å²) in [6.45, 7) is 2.11. The summed E-state index contributed by atoms with van der Waals surface area (Å²) in [6, 6.07) is 2.16. The zero-order chi connectivity index (χ0) is 13.2. The first kappa shape index (κ1) is 13.4. The van der Waals surface area contributed by atoms with Gasteiger partial charge in [-0.2, -0.15) is 8.73 Å². The Balaban J connectivity index is 1.89. The lowest BCUT2D eigenvalue weighted by Gasteiger charge is -2.20. The van der Waals surface area contributed by atoms with E-state index in [0.717, 1.165) is 54.3 Å². The Morgan fingerprint density at radius 3 is 2.89 bits per heavy atom. The van der Waals surface area contributed by atoms with E-state index in [-0.39, 0.29) is 0 Å². The average Bonchev–Trinajstić information content (AvgIpc) is 2.73. The van der Waals surface area contributed by atoms with Crippen molar-refractivity contribution in [3.63, 3.8) is 0 Å².